The lowest BCUT2D eigenvalue weighted by Gasteiger charge is -2.17. The Kier molecular flexibility index (Phi) is 10.4. The molecule has 1 atom stereocenters. The van der Waals surface area contributed by atoms with Crippen molar-refractivity contribution in [2.45, 2.75) is 32.7 Å². The van der Waals surface area contributed by atoms with Crippen molar-refractivity contribution in [2.24, 2.45) is 12.0 Å². The normalized spacial score (nSPS) is 13.3. The van der Waals surface area contributed by atoms with Gasteiger partial charge in [-0.05, 0) is 32.3 Å². The Morgan fingerprint density at radius 3 is 2.70 bits per heavy atom. The van der Waals surface area contributed by atoms with Crippen LogP contribution in [0.3, 0.4) is 0 Å². The predicted octanol–water partition coefficient (Wildman–Crippen LogP) is 0.959. The van der Waals surface area contributed by atoms with Gasteiger partial charge < -0.3 is 10.6 Å². The minimum atomic E-state index is -2.93. The monoisotopic (exact) mass is 457 g/mol. The number of halogens is 1. The molecule has 0 aliphatic heterocycles. The molecule has 1 aromatic heterocycles. The van der Waals surface area contributed by atoms with Gasteiger partial charge in [-0.15, -0.1) is 24.0 Å². The smallest absolute Gasteiger partial charge is 0.191 e. The summed E-state index contributed by atoms with van der Waals surface area (Å²) in [6.07, 6.45) is 6.45. The lowest BCUT2D eigenvalue weighted by atomic mass is 10.2. The van der Waals surface area contributed by atoms with Crippen LogP contribution in [-0.2, 0) is 23.3 Å². The average molecular weight is 457 g/mol. The van der Waals surface area contributed by atoms with Crippen LogP contribution in [0.2, 0.25) is 0 Å². The Balaban J connectivity index is 0.00000484. The second kappa shape index (κ2) is 10.8. The Labute approximate surface area is 156 Å². The molecule has 0 saturated heterocycles. The third-order valence-corrected chi connectivity index (χ3v) is 4.06. The van der Waals surface area contributed by atoms with E-state index in [1.165, 1.54) is 6.26 Å². The molecule has 1 heterocycles. The van der Waals surface area contributed by atoms with E-state index < -0.39 is 9.84 Å². The summed E-state index contributed by atoms with van der Waals surface area (Å²) < 4.78 is 24.2. The van der Waals surface area contributed by atoms with Crippen molar-refractivity contribution in [1.29, 1.82) is 0 Å². The van der Waals surface area contributed by atoms with Gasteiger partial charge in [-0.25, -0.2) is 8.42 Å². The van der Waals surface area contributed by atoms with Crippen LogP contribution in [0.25, 0.3) is 0 Å². The van der Waals surface area contributed by atoms with E-state index in [0.717, 1.165) is 18.5 Å². The SMILES string of the molecule is CCNC(=NCCc1cnn(C)c1)NC(C)CCS(C)(=O)=O.I. The first-order chi connectivity index (χ1) is 10.3. The van der Waals surface area contributed by atoms with Crippen molar-refractivity contribution in [1.82, 2.24) is 20.4 Å². The molecule has 0 aliphatic carbocycles. The molecule has 23 heavy (non-hydrogen) atoms. The number of aryl methyl sites for hydroxylation is 1. The highest BCUT2D eigenvalue weighted by Crippen LogP contribution is 1.98. The van der Waals surface area contributed by atoms with Gasteiger partial charge in [0.2, 0.25) is 0 Å². The molecule has 1 rings (SSSR count). The molecule has 0 aliphatic rings. The van der Waals surface area contributed by atoms with Gasteiger partial charge in [-0.2, -0.15) is 5.10 Å². The minimum absolute atomic E-state index is 0. The maximum Gasteiger partial charge on any atom is 0.191 e. The van der Waals surface area contributed by atoms with Crippen molar-refractivity contribution in [3.8, 4) is 0 Å². The number of hydrogen-bond acceptors (Lipinski definition) is 4. The number of aromatic nitrogens is 2. The summed E-state index contributed by atoms with van der Waals surface area (Å²) in [5.41, 5.74) is 1.15. The van der Waals surface area contributed by atoms with Crippen LogP contribution < -0.4 is 10.6 Å². The summed E-state index contributed by atoms with van der Waals surface area (Å²) in [6, 6.07) is 0.0471. The molecule has 1 aromatic rings. The Morgan fingerprint density at radius 2 is 2.17 bits per heavy atom. The van der Waals surface area contributed by atoms with Gasteiger partial charge in [-0.1, -0.05) is 0 Å². The van der Waals surface area contributed by atoms with Gasteiger partial charge in [0, 0.05) is 38.6 Å². The quantitative estimate of drug-likeness (QED) is 0.345. The molecule has 1 unspecified atom stereocenters. The zero-order valence-corrected chi connectivity index (χ0v) is 17.4. The summed E-state index contributed by atoms with van der Waals surface area (Å²) in [5.74, 6) is 0.892. The fraction of sp³-hybridized carbons (Fsp3) is 0.714. The van der Waals surface area contributed by atoms with E-state index in [2.05, 4.69) is 20.7 Å². The van der Waals surface area contributed by atoms with Crippen LogP contribution in [0, 0.1) is 0 Å². The highest BCUT2D eigenvalue weighted by atomic mass is 127. The molecule has 2 N–H and O–H groups in total. The van der Waals surface area contributed by atoms with Gasteiger partial charge in [0.1, 0.15) is 9.84 Å². The van der Waals surface area contributed by atoms with Crippen molar-refractivity contribution in [3.63, 3.8) is 0 Å². The largest absolute Gasteiger partial charge is 0.357 e. The summed E-state index contributed by atoms with van der Waals surface area (Å²) >= 11 is 0. The van der Waals surface area contributed by atoms with Crippen LogP contribution in [-0.4, -0.2) is 55.3 Å². The lowest BCUT2D eigenvalue weighted by molar-refractivity contribution is 0.581. The van der Waals surface area contributed by atoms with Gasteiger partial charge in [0.05, 0.1) is 11.9 Å². The topological polar surface area (TPSA) is 88.4 Å². The maximum absolute atomic E-state index is 11.2. The van der Waals surface area contributed by atoms with E-state index in [-0.39, 0.29) is 35.8 Å². The first-order valence-electron chi connectivity index (χ1n) is 7.50. The molecule has 9 heteroatoms. The van der Waals surface area contributed by atoms with Crippen LogP contribution >= 0.6 is 24.0 Å². The second-order valence-corrected chi connectivity index (χ2v) is 7.76. The summed E-state index contributed by atoms with van der Waals surface area (Å²) in [5, 5.41) is 10.5. The minimum Gasteiger partial charge on any atom is -0.357 e. The predicted molar refractivity (Wildman–Crippen MR) is 105 cm³/mol. The number of sulfone groups is 1. The van der Waals surface area contributed by atoms with Crippen LogP contribution in [0.15, 0.2) is 17.4 Å². The molecule has 0 spiro atoms. The number of nitrogens with zero attached hydrogens (tertiary/aromatic N) is 3. The van der Waals surface area contributed by atoms with Gasteiger partial charge in [0.15, 0.2) is 5.96 Å². The third-order valence-electron chi connectivity index (χ3n) is 3.08. The molecular formula is C14H28IN5O2S. The molecular weight excluding hydrogens is 429 g/mol. The van der Waals surface area contributed by atoms with E-state index in [9.17, 15) is 8.42 Å². The highest BCUT2D eigenvalue weighted by Gasteiger charge is 2.09. The van der Waals surface area contributed by atoms with Crippen molar-refractivity contribution in [2.75, 3.05) is 25.1 Å². The molecule has 0 amide bonds. The fourth-order valence-electron chi connectivity index (χ4n) is 1.91. The average Bonchev–Trinajstić information content (AvgIpc) is 2.81. The van der Waals surface area contributed by atoms with E-state index >= 15 is 0 Å². The summed E-state index contributed by atoms with van der Waals surface area (Å²) in [4.78, 5) is 4.51. The van der Waals surface area contributed by atoms with Crippen LogP contribution in [0.4, 0.5) is 0 Å². The zero-order chi connectivity index (χ0) is 16.6. The van der Waals surface area contributed by atoms with Gasteiger partial charge in [-0.3, -0.25) is 9.67 Å². The Hall–Kier alpha value is -0.840. The van der Waals surface area contributed by atoms with Gasteiger partial charge in [0.25, 0.3) is 0 Å². The van der Waals surface area contributed by atoms with Crippen LogP contribution in [0.1, 0.15) is 25.8 Å². The second-order valence-electron chi connectivity index (χ2n) is 5.50. The van der Waals surface area contributed by atoms with E-state index in [0.29, 0.717) is 18.9 Å². The van der Waals surface area contributed by atoms with Crippen molar-refractivity contribution < 1.29 is 8.42 Å². The molecule has 0 saturated carbocycles. The Morgan fingerprint density at radius 1 is 1.48 bits per heavy atom. The van der Waals surface area contributed by atoms with Crippen molar-refractivity contribution >= 4 is 39.8 Å². The number of hydrogen-bond donors (Lipinski definition) is 2. The molecule has 7 nitrogen and oxygen atoms in total. The molecule has 134 valence electrons. The summed E-state index contributed by atoms with van der Waals surface area (Å²) in [7, 11) is -1.04. The Bertz CT molecular complexity index is 586. The number of guanidine groups is 1. The summed E-state index contributed by atoms with van der Waals surface area (Å²) in [6.45, 7) is 5.37. The first-order valence-corrected chi connectivity index (χ1v) is 9.56. The molecule has 0 radical (unpaired) electrons. The van der Waals surface area contributed by atoms with E-state index in [4.69, 9.17) is 0 Å². The maximum atomic E-state index is 11.2. The zero-order valence-electron chi connectivity index (χ0n) is 14.2. The number of rotatable bonds is 8. The van der Waals surface area contributed by atoms with Crippen LogP contribution in [0.5, 0.6) is 0 Å². The molecule has 0 aromatic carbocycles. The molecule has 0 bridgehead atoms. The number of aliphatic imine (C=N–C) groups is 1. The van der Waals surface area contributed by atoms with Crippen molar-refractivity contribution in [3.05, 3.63) is 18.0 Å². The standard InChI is InChI=1S/C14H27N5O2S.HI/c1-5-15-14(18-12(2)7-9-22(4,20)21)16-8-6-13-10-17-19(3)11-13;/h10-12H,5-9H2,1-4H3,(H2,15,16,18);1H. The lowest BCUT2D eigenvalue weighted by Crippen LogP contribution is -2.43. The highest BCUT2D eigenvalue weighted by molar-refractivity contribution is 14.0. The van der Waals surface area contributed by atoms with Gasteiger partial charge >= 0.3 is 0 Å². The fourth-order valence-corrected chi connectivity index (χ4v) is 2.70. The molecule has 0 fully saturated rings. The number of nitrogens with one attached hydrogen (secondary N) is 2. The third kappa shape index (κ3) is 10.5. The van der Waals surface area contributed by atoms with E-state index in [1.807, 2.05) is 33.3 Å². The first kappa shape index (κ1) is 22.2. The van der Waals surface area contributed by atoms with E-state index in [1.54, 1.807) is 4.68 Å².